The van der Waals surface area contributed by atoms with Gasteiger partial charge in [-0.1, -0.05) is 12.8 Å². The predicted octanol–water partition coefficient (Wildman–Crippen LogP) is 3.19. The molecule has 2 heterocycles. The van der Waals surface area contributed by atoms with Gasteiger partial charge in [0.15, 0.2) is 0 Å². The highest BCUT2D eigenvalue weighted by molar-refractivity contribution is 4.93. The predicted molar refractivity (Wildman–Crippen MR) is 87.6 cm³/mol. The largest absolute Gasteiger partial charge is 0.370 e. The van der Waals surface area contributed by atoms with Gasteiger partial charge in [0.2, 0.25) is 0 Å². The Kier molecular flexibility index (Phi) is 5.23. The molecule has 3 rings (SSSR count). The Morgan fingerprint density at radius 3 is 2.43 bits per heavy atom. The van der Waals surface area contributed by atoms with Gasteiger partial charge in [-0.15, -0.1) is 0 Å². The lowest BCUT2D eigenvalue weighted by Crippen LogP contribution is -2.43. The highest BCUT2D eigenvalue weighted by Crippen LogP contribution is 2.43. The minimum Gasteiger partial charge on any atom is -0.370 e. The Hall–Kier alpha value is -0.120. The number of hydrogen-bond acceptors (Lipinski definition) is 3. The van der Waals surface area contributed by atoms with E-state index in [-0.39, 0.29) is 0 Å². The number of hydrogen-bond donors (Lipinski definition) is 1. The van der Waals surface area contributed by atoms with E-state index >= 15 is 0 Å². The summed E-state index contributed by atoms with van der Waals surface area (Å²) in [5, 5.41) is 3.48. The van der Waals surface area contributed by atoms with Gasteiger partial charge in [0.1, 0.15) is 0 Å². The molecule has 1 aliphatic carbocycles. The third-order valence-corrected chi connectivity index (χ3v) is 5.97. The Bertz CT molecular complexity index is 319. The first-order chi connectivity index (χ1) is 10.2. The van der Waals surface area contributed by atoms with Crippen LogP contribution in [0.3, 0.4) is 0 Å². The second kappa shape index (κ2) is 6.97. The molecule has 0 bridgehead atoms. The number of rotatable bonds is 5. The van der Waals surface area contributed by atoms with Crippen LogP contribution in [0.5, 0.6) is 0 Å². The number of piperidine rings is 1. The highest BCUT2D eigenvalue weighted by atomic mass is 16.5. The van der Waals surface area contributed by atoms with Crippen LogP contribution in [-0.4, -0.2) is 48.8 Å². The van der Waals surface area contributed by atoms with Crippen molar-refractivity contribution in [2.45, 2.75) is 83.0 Å². The van der Waals surface area contributed by atoms with Gasteiger partial charge in [0.05, 0.1) is 11.7 Å². The topological polar surface area (TPSA) is 24.5 Å². The molecule has 122 valence electrons. The van der Waals surface area contributed by atoms with Crippen molar-refractivity contribution in [2.24, 2.45) is 5.92 Å². The Morgan fingerprint density at radius 2 is 1.76 bits per heavy atom. The first-order valence-electron chi connectivity index (χ1n) is 9.29. The van der Waals surface area contributed by atoms with E-state index in [0.717, 1.165) is 12.5 Å². The molecule has 0 aromatic rings. The summed E-state index contributed by atoms with van der Waals surface area (Å²) in [5.41, 5.74) is 0.294. The van der Waals surface area contributed by atoms with E-state index in [1.165, 1.54) is 71.0 Å². The molecular weight excluding hydrogens is 260 g/mol. The zero-order valence-electron chi connectivity index (χ0n) is 14.1. The lowest BCUT2D eigenvalue weighted by Gasteiger charge is -2.35. The molecule has 0 aromatic carbocycles. The molecular formula is C18H34N2O. The molecule has 0 amide bonds. The fourth-order valence-corrected chi connectivity index (χ4v) is 4.56. The number of nitrogens with one attached hydrogen (secondary N) is 1. The van der Waals surface area contributed by atoms with Gasteiger partial charge in [0.25, 0.3) is 0 Å². The van der Waals surface area contributed by atoms with E-state index in [1.54, 1.807) is 0 Å². The molecule has 1 spiro atoms. The fourth-order valence-electron chi connectivity index (χ4n) is 4.56. The first-order valence-corrected chi connectivity index (χ1v) is 9.29. The summed E-state index contributed by atoms with van der Waals surface area (Å²) in [4.78, 5) is 2.69. The standard InChI is InChI=1S/C18H34N2O/c1-15(2)20(13-16-6-11-19-12-7-16)14-17-5-10-18(21-17)8-3-4-9-18/h15-17,19H,3-14H2,1-2H3. The van der Waals surface area contributed by atoms with Crippen LogP contribution in [0.25, 0.3) is 0 Å². The Morgan fingerprint density at radius 1 is 1.05 bits per heavy atom. The van der Waals surface area contributed by atoms with Crippen molar-refractivity contribution in [1.29, 1.82) is 0 Å². The Labute approximate surface area is 130 Å². The summed E-state index contributed by atoms with van der Waals surface area (Å²) < 4.78 is 6.53. The Balaban J connectivity index is 1.50. The van der Waals surface area contributed by atoms with Crippen LogP contribution >= 0.6 is 0 Å². The van der Waals surface area contributed by atoms with Gasteiger partial charge in [-0.2, -0.15) is 0 Å². The maximum absolute atomic E-state index is 6.53. The second-order valence-corrected chi connectivity index (χ2v) is 7.91. The molecule has 1 unspecified atom stereocenters. The zero-order chi connectivity index (χ0) is 14.7. The average Bonchev–Trinajstić information content (AvgIpc) is 3.10. The normalized spacial score (nSPS) is 30.0. The molecule has 1 atom stereocenters. The highest BCUT2D eigenvalue weighted by Gasteiger charge is 2.42. The molecule has 1 saturated carbocycles. The van der Waals surface area contributed by atoms with Gasteiger partial charge < -0.3 is 10.1 Å². The van der Waals surface area contributed by atoms with Crippen LogP contribution in [0.2, 0.25) is 0 Å². The summed E-state index contributed by atoms with van der Waals surface area (Å²) in [5.74, 6) is 0.885. The lowest BCUT2D eigenvalue weighted by molar-refractivity contribution is -0.0518. The zero-order valence-corrected chi connectivity index (χ0v) is 14.1. The van der Waals surface area contributed by atoms with E-state index in [0.29, 0.717) is 17.7 Å². The molecule has 1 N–H and O–H groups in total. The molecule has 2 saturated heterocycles. The van der Waals surface area contributed by atoms with Crippen LogP contribution in [0.4, 0.5) is 0 Å². The van der Waals surface area contributed by atoms with Crippen LogP contribution in [-0.2, 0) is 4.74 Å². The van der Waals surface area contributed by atoms with Crippen molar-refractivity contribution in [3.63, 3.8) is 0 Å². The maximum Gasteiger partial charge on any atom is 0.0710 e. The van der Waals surface area contributed by atoms with E-state index < -0.39 is 0 Å². The fraction of sp³-hybridized carbons (Fsp3) is 1.00. The minimum absolute atomic E-state index is 0.294. The van der Waals surface area contributed by atoms with E-state index in [9.17, 15) is 0 Å². The quantitative estimate of drug-likeness (QED) is 0.843. The molecule has 3 heteroatoms. The van der Waals surface area contributed by atoms with Crippen molar-refractivity contribution in [3.05, 3.63) is 0 Å². The third kappa shape index (κ3) is 4.00. The summed E-state index contributed by atoms with van der Waals surface area (Å²) >= 11 is 0. The van der Waals surface area contributed by atoms with Crippen molar-refractivity contribution in [1.82, 2.24) is 10.2 Å². The molecule has 3 fully saturated rings. The van der Waals surface area contributed by atoms with Crippen molar-refractivity contribution < 1.29 is 4.74 Å². The third-order valence-electron chi connectivity index (χ3n) is 5.97. The molecule has 3 aliphatic rings. The second-order valence-electron chi connectivity index (χ2n) is 7.91. The van der Waals surface area contributed by atoms with Crippen molar-refractivity contribution in [2.75, 3.05) is 26.2 Å². The smallest absolute Gasteiger partial charge is 0.0710 e. The molecule has 2 aliphatic heterocycles. The molecule has 3 nitrogen and oxygen atoms in total. The van der Waals surface area contributed by atoms with E-state index in [2.05, 4.69) is 24.1 Å². The van der Waals surface area contributed by atoms with Gasteiger partial charge in [-0.3, -0.25) is 4.90 Å². The van der Waals surface area contributed by atoms with Gasteiger partial charge in [0, 0.05) is 19.1 Å². The maximum atomic E-state index is 6.53. The van der Waals surface area contributed by atoms with E-state index in [4.69, 9.17) is 4.74 Å². The number of nitrogens with zero attached hydrogens (tertiary/aromatic N) is 1. The lowest BCUT2D eigenvalue weighted by atomic mass is 9.96. The first kappa shape index (κ1) is 15.8. The summed E-state index contributed by atoms with van der Waals surface area (Å²) in [6, 6.07) is 0.642. The van der Waals surface area contributed by atoms with Crippen LogP contribution in [0.15, 0.2) is 0 Å². The molecule has 21 heavy (non-hydrogen) atoms. The molecule has 0 aromatic heterocycles. The monoisotopic (exact) mass is 294 g/mol. The summed E-state index contributed by atoms with van der Waals surface area (Å²) in [7, 11) is 0. The summed E-state index contributed by atoms with van der Waals surface area (Å²) in [6.45, 7) is 9.54. The SMILES string of the molecule is CC(C)N(CC1CCNCC1)CC1CCC2(CCCC2)O1. The minimum atomic E-state index is 0.294. The van der Waals surface area contributed by atoms with Crippen LogP contribution in [0, 0.1) is 5.92 Å². The van der Waals surface area contributed by atoms with Crippen LogP contribution < -0.4 is 5.32 Å². The van der Waals surface area contributed by atoms with Gasteiger partial charge in [-0.25, -0.2) is 0 Å². The van der Waals surface area contributed by atoms with E-state index in [1.807, 2.05) is 0 Å². The average molecular weight is 294 g/mol. The van der Waals surface area contributed by atoms with Crippen LogP contribution in [0.1, 0.15) is 65.2 Å². The molecule has 0 radical (unpaired) electrons. The van der Waals surface area contributed by atoms with Gasteiger partial charge in [-0.05, 0) is 71.4 Å². The van der Waals surface area contributed by atoms with Gasteiger partial charge >= 0.3 is 0 Å². The number of ether oxygens (including phenoxy) is 1. The van der Waals surface area contributed by atoms with Crippen molar-refractivity contribution >= 4 is 0 Å². The summed E-state index contributed by atoms with van der Waals surface area (Å²) in [6.07, 6.45) is 11.2. The van der Waals surface area contributed by atoms with Crippen molar-refractivity contribution in [3.8, 4) is 0 Å².